The van der Waals surface area contributed by atoms with Gasteiger partial charge in [0.1, 0.15) is 6.61 Å². The molecular formula is C16H15F3N4O3. The zero-order valence-corrected chi connectivity index (χ0v) is 13.8. The van der Waals surface area contributed by atoms with Crippen LogP contribution in [0.5, 0.6) is 0 Å². The zero-order valence-electron chi connectivity index (χ0n) is 13.8. The van der Waals surface area contributed by atoms with Gasteiger partial charge in [0.05, 0.1) is 25.2 Å². The van der Waals surface area contributed by atoms with Gasteiger partial charge < -0.3 is 14.3 Å². The number of carbonyl (C=O) groups excluding carboxylic acids is 1. The van der Waals surface area contributed by atoms with E-state index in [9.17, 15) is 18.0 Å². The average Bonchev–Trinajstić information content (AvgIpc) is 3.04. The highest BCUT2D eigenvalue weighted by Crippen LogP contribution is 2.29. The molecule has 138 valence electrons. The molecule has 3 rings (SSSR count). The maximum Gasteiger partial charge on any atom is 0.471 e. The summed E-state index contributed by atoms with van der Waals surface area (Å²) in [4.78, 5) is 22.0. The molecule has 10 heteroatoms. The van der Waals surface area contributed by atoms with Crippen molar-refractivity contribution in [3.05, 3.63) is 35.7 Å². The molecule has 0 unspecified atom stereocenters. The van der Waals surface area contributed by atoms with Gasteiger partial charge in [-0.1, -0.05) is 34.6 Å². The Balaban J connectivity index is 1.58. The van der Waals surface area contributed by atoms with Crippen LogP contribution in [0.4, 0.5) is 13.2 Å². The summed E-state index contributed by atoms with van der Waals surface area (Å²) in [6.07, 6.45) is -4.50. The first-order valence-corrected chi connectivity index (χ1v) is 7.82. The van der Waals surface area contributed by atoms with Crippen molar-refractivity contribution in [1.29, 1.82) is 0 Å². The molecule has 2 heterocycles. The van der Waals surface area contributed by atoms with Crippen molar-refractivity contribution in [2.24, 2.45) is 5.16 Å². The van der Waals surface area contributed by atoms with Crippen molar-refractivity contribution in [3.8, 4) is 11.4 Å². The van der Waals surface area contributed by atoms with Crippen LogP contribution in [-0.4, -0.2) is 46.4 Å². The van der Waals surface area contributed by atoms with Crippen LogP contribution >= 0.6 is 0 Å². The van der Waals surface area contributed by atoms with Crippen LogP contribution in [0.25, 0.3) is 11.4 Å². The van der Waals surface area contributed by atoms with E-state index in [2.05, 4.69) is 19.8 Å². The lowest BCUT2D eigenvalue weighted by Crippen LogP contribution is -2.51. The minimum absolute atomic E-state index is 0.0629. The van der Waals surface area contributed by atoms with Gasteiger partial charge in [-0.2, -0.15) is 18.2 Å². The van der Waals surface area contributed by atoms with Crippen molar-refractivity contribution in [2.45, 2.75) is 19.5 Å². The van der Waals surface area contributed by atoms with E-state index in [1.807, 2.05) is 6.92 Å². The lowest BCUT2D eigenvalue weighted by Gasteiger charge is -2.32. The van der Waals surface area contributed by atoms with Crippen LogP contribution in [0.2, 0.25) is 0 Å². The molecule has 0 bridgehead atoms. The Morgan fingerprint density at radius 3 is 2.58 bits per heavy atom. The molecule has 0 aliphatic carbocycles. The van der Waals surface area contributed by atoms with E-state index in [0.29, 0.717) is 25.3 Å². The van der Waals surface area contributed by atoms with Crippen LogP contribution in [0.1, 0.15) is 18.4 Å². The molecule has 1 aromatic carbocycles. The first-order valence-electron chi connectivity index (χ1n) is 7.82. The lowest BCUT2D eigenvalue weighted by molar-refractivity contribution is -0.159. The Hall–Kier alpha value is -2.91. The smallest absolute Gasteiger partial charge is 0.396 e. The molecule has 1 aliphatic heterocycles. The Morgan fingerprint density at radius 1 is 1.31 bits per heavy atom. The van der Waals surface area contributed by atoms with Gasteiger partial charge in [-0.05, 0) is 12.5 Å². The molecule has 1 amide bonds. The van der Waals surface area contributed by atoms with Gasteiger partial charge in [-0.3, -0.25) is 4.79 Å². The number of amides is 1. The summed E-state index contributed by atoms with van der Waals surface area (Å²) in [5.41, 5.74) is 1.91. The number of halogens is 3. The van der Waals surface area contributed by atoms with E-state index in [-0.39, 0.29) is 18.2 Å². The largest absolute Gasteiger partial charge is 0.471 e. The summed E-state index contributed by atoms with van der Waals surface area (Å²) in [5.74, 6) is -1.61. The summed E-state index contributed by atoms with van der Waals surface area (Å²) in [6.45, 7) is 3.20. The molecular weight excluding hydrogens is 353 g/mol. The number of nitrogens with zero attached hydrogens (tertiary/aromatic N) is 4. The number of benzene rings is 1. The predicted molar refractivity (Wildman–Crippen MR) is 84.1 cm³/mol. The van der Waals surface area contributed by atoms with Crippen molar-refractivity contribution in [3.63, 3.8) is 0 Å². The summed E-state index contributed by atoms with van der Waals surface area (Å²) in [6, 6.07) is 6.38. The number of hydrogen-bond donors (Lipinski definition) is 0. The molecule has 0 atom stereocenters. The predicted octanol–water partition coefficient (Wildman–Crippen LogP) is 2.53. The number of aromatic nitrogens is 2. The lowest BCUT2D eigenvalue weighted by atomic mass is 10.1. The van der Waals surface area contributed by atoms with Crippen LogP contribution < -0.4 is 0 Å². The zero-order chi connectivity index (χ0) is 18.7. The van der Waals surface area contributed by atoms with Crippen LogP contribution in [0, 0.1) is 0 Å². The second kappa shape index (κ2) is 7.14. The SMILES string of the molecule is CCON=C1CN(C(=O)Cc2ccc(-c3noc(C(F)(F)F)n3)cc2)C1. The highest BCUT2D eigenvalue weighted by molar-refractivity contribution is 5.99. The topological polar surface area (TPSA) is 80.8 Å². The Labute approximate surface area is 146 Å². The van der Waals surface area contributed by atoms with Crippen molar-refractivity contribution in [1.82, 2.24) is 15.0 Å². The van der Waals surface area contributed by atoms with Crippen LogP contribution in [0.3, 0.4) is 0 Å². The van der Waals surface area contributed by atoms with E-state index in [1.54, 1.807) is 29.2 Å². The third kappa shape index (κ3) is 4.01. The first kappa shape index (κ1) is 17.9. The number of hydrogen-bond acceptors (Lipinski definition) is 6. The number of rotatable bonds is 5. The number of likely N-dealkylation sites (tertiary alicyclic amines) is 1. The van der Waals surface area contributed by atoms with E-state index in [1.165, 1.54) is 0 Å². The molecule has 0 radical (unpaired) electrons. The summed E-state index contributed by atoms with van der Waals surface area (Å²) < 4.78 is 41.6. The Bertz CT molecular complexity index is 807. The quantitative estimate of drug-likeness (QED) is 0.758. The normalized spacial score (nSPS) is 14.2. The van der Waals surface area contributed by atoms with Gasteiger partial charge in [-0.25, -0.2) is 0 Å². The molecule has 0 N–H and O–H groups in total. The third-order valence-electron chi connectivity index (χ3n) is 3.66. The van der Waals surface area contributed by atoms with E-state index < -0.39 is 12.1 Å². The maximum atomic E-state index is 12.5. The summed E-state index contributed by atoms with van der Waals surface area (Å²) in [7, 11) is 0. The molecule has 0 spiro atoms. The monoisotopic (exact) mass is 368 g/mol. The highest BCUT2D eigenvalue weighted by Gasteiger charge is 2.38. The highest BCUT2D eigenvalue weighted by atomic mass is 19.4. The van der Waals surface area contributed by atoms with E-state index in [0.717, 1.165) is 11.3 Å². The summed E-state index contributed by atoms with van der Waals surface area (Å²) >= 11 is 0. The Kier molecular flexibility index (Phi) is 4.92. The van der Waals surface area contributed by atoms with Gasteiger partial charge in [0, 0.05) is 5.56 Å². The van der Waals surface area contributed by atoms with Crippen molar-refractivity contribution in [2.75, 3.05) is 19.7 Å². The Morgan fingerprint density at radius 2 is 2.00 bits per heavy atom. The molecule has 7 nitrogen and oxygen atoms in total. The third-order valence-corrected chi connectivity index (χ3v) is 3.66. The molecule has 26 heavy (non-hydrogen) atoms. The fourth-order valence-electron chi connectivity index (χ4n) is 2.30. The van der Waals surface area contributed by atoms with E-state index in [4.69, 9.17) is 4.84 Å². The van der Waals surface area contributed by atoms with Gasteiger partial charge in [0.25, 0.3) is 0 Å². The second-order valence-corrected chi connectivity index (χ2v) is 5.62. The van der Waals surface area contributed by atoms with E-state index >= 15 is 0 Å². The second-order valence-electron chi connectivity index (χ2n) is 5.62. The summed E-state index contributed by atoms with van der Waals surface area (Å²) in [5, 5.41) is 7.19. The minimum atomic E-state index is -4.68. The van der Waals surface area contributed by atoms with Gasteiger partial charge in [0.2, 0.25) is 11.7 Å². The molecule has 0 saturated carbocycles. The van der Waals surface area contributed by atoms with Gasteiger partial charge in [0.15, 0.2) is 0 Å². The molecule has 1 aromatic heterocycles. The molecule has 1 fully saturated rings. The standard InChI is InChI=1S/C16H15F3N4O3/c1-2-25-21-12-8-23(9-12)13(24)7-10-3-5-11(6-4-10)14-20-15(26-22-14)16(17,18)19/h3-6H,2,7-9H2,1H3. The maximum absolute atomic E-state index is 12.5. The first-order chi connectivity index (χ1) is 12.4. The van der Waals surface area contributed by atoms with Crippen LogP contribution in [0.15, 0.2) is 33.9 Å². The number of carbonyl (C=O) groups is 1. The van der Waals surface area contributed by atoms with Gasteiger partial charge >= 0.3 is 12.1 Å². The van der Waals surface area contributed by atoms with Crippen molar-refractivity contribution < 1.29 is 27.3 Å². The fraction of sp³-hybridized carbons (Fsp3) is 0.375. The van der Waals surface area contributed by atoms with Crippen LogP contribution in [-0.2, 0) is 22.2 Å². The number of oxime groups is 1. The fourth-order valence-corrected chi connectivity index (χ4v) is 2.30. The minimum Gasteiger partial charge on any atom is -0.396 e. The number of alkyl halides is 3. The molecule has 1 aliphatic rings. The van der Waals surface area contributed by atoms with Crippen molar-refractivity contribution >= 4 is 11.6 Å². The van der Waals surface area contributed by atoms with Gasteiger partial charge in [-0.15, -0.1) is 0 Å². The average molecular weight is 368 g/mol. The molecule has 2 aromatic rings. The molecule has 1 saturated heterocycles.